The third kappa shape index (κ3) is 21.3. The number of primary amides is 1. The van der Waals surface area contributed by atoms with E-state index in [-0.39, 0.29) is 120 Å². The van der Waals surface area contributed by atoms with E-state index in [0.717, 1.165) is 44.2 Å². The molecule has 3 aromatic carbocycles. The Morgan fingerprint density at radius 3 is 1.53 bits per heavy atom. The highest BCUT2D eigenvalue weighted by Crippen LogP contribution is 2.45. The van der Waals surface area contributed by atoms with Gasteiger partial charge >= 0.3 is 11.9 Å². The van der Waals surface area contributed by atoms with Crippen LogP contribution in [0.1, 0.15) is 153 Å². The summed E-state index contributed by atoms with van der Waals surface area (Å²) in [5, 5.41) is 41.8. The Bertz CT molecular complexity index is 3840. The molecule has 25 nitrogen and oxygen atoms in total. The van der Waals surface area contributed by atoms with Crippen molar-refractivity contribution in [3.8, 4) is 0 Å². The molecule has 1 aromatic heterocycles. The lowest BCUT2D eigenvalue weighted by Crippen LogP contribution is -2.64. The van der Waals surface area contributed by atoms with Gasteiger partial charge in [-0.05, 0) is 111 Å². The molecule has 3 heterocycles. The monoisotopic (exact) mass is 1470 g/mol. The van der Waals surface area contributed by atoms with E-state index in [0.29, 0.717) is 5.69 Å². The summed E-state index contributed by atoms with van der Waals surface area (Å²) in [5.74, 6) is -16.4. The van der Waals surface area contributed by atoms with Crippen molar-refractivity contribution < 1.29 is 105 Å². The first-order valence-corrected chi connectivity index (χ1v) is 36.1. The third-order valence-corrected chi connectivity index (χ3v) is 22.5. The number of Topliss-reactive ketones (excluding diaryl/α,β-unsaturated/α-hetero) is 1. The fourth-order valence-corrected chi connectivity index (χ4v) is 16.2. The lowest BCUT2D eigenvalue weighted by Gasteiger charge is -2.37. The minimum atomic E-state index is -3.90. The van der Waals surface area contributed by atoms with Crippen molar-refractivity contribution >= 4 is 93.2 Å². The predicted octanol–water partition coefficient (Wildman–Crippen LogP) is 6.64. The molecule has 10 rings (SSSR count). The zero-order chi connectivity index (χ0) is 71.1. The average Bonchev–Trinajstić information content (AvgIpc) is 1.73. The van der Waals surface area contributed by atoms with E-state index >= 15 is 0 Å². The van der Waals surface area contributed by atoms with Crippen molar-refractivity contribution in [2.75, 3.05) is 31.3 Å². The molecule has 0 spiro atoms. The Kier molecular flexibility index (Phi) is 25.8. The number of nitrogens with zero attached hydrogens (tertiary/aromatic N) is 4. The molecule has 2 aliphatic heterocycles. The highest BCUT2D eigenvalue weighted by Gasteiger charge is 2.51. The number of likely N-dealkylation sites (tertiary alicyclic amines) is 1. The molecule has 4 aromatic rings. The first-order valence-electron chi connectivity index (χ1n) is 30.5. The van der Waals surface area contributed by atoms with E-state index in [4.69, 9.17) is 37.1 Å². The molecule has 0 unspecified atom stereocenters. The smallest absolute Gasteiger partial charge is 0.335 e. The van der Waals surface area contributed by atoms with Gasteiger partial charge in [0.15, 0.2) is 19.7 Å². The molecular weight excluding hydrogens is 1400 g/mol. The molecule has 3 atom stereocenters. The van der Waals surface area contributed by atoms with Crippen LogP contribution < -0.4 is 22.1 Å². The maximum absolute atomic E-state index is 14.8. The summed E-state index contributed by atoms with van der Waals surface area (Å²) in [6, 6.07) is 11.2. The summed E-state index contributed by atoms with van der Waals surface area (Å²) in [4.78, 5) is 90.3. The number of hydrogen-bond donors (Lipinski definition) is 7. The maximum Gasteiger partial charge on any atom is 0.335 e. The Hall–Kier alpha value is -6.82. The number of benzene rings is 3. The number of nitrogens with one attached hydrogen (secondary N) is 2. The standard InChI is InChI=1S/C38H51F2N7O9S.C12H12F2O4S.C7H5ClO4S.C4H7F2N.ClH/c1-36(2,53)30-20-42-45-47(30)26-17-29(34(51)44-37(31(48)32(41)49)12-14-56-15-13-37)46(21-26)35(52)28(16-23-6-4-3-5-7-23)43-33(50)25-8-10-27(11-9-25)57(54,55)22-24-18-38(39,40)19-24;13-12(14)5-8(6-12)7-19(17,18)10-3-1-9(2-4-10)11(15)16;8-13(11,12)6-3-1-5(2-4-6)7(9)10;5-4(6)1-3(7)2-4;/h8-11,20,23-24,26,28-29,53H,3-7,12-19,21-22H2,1-2H3,(H2,41,49)(H,43,50)(H,44,51);1-4,8H,5-7H2,(H,15,16);1-4H,(H,9,10);3H,1-2,7H2;1H/t26-,28+,29-;;;;/m0..../s1. The van der Waals surface area contributed by atoms with Gasteiger partial charge in [-0.1, -0.05) is 37.3 Å². The van der Waals surface area contributed by atoms with Crippen molar-refractivity contribution in [1.82, 2.24) is 30.5 Å². The van der Waals surface area contributed by atoms with E-state index in [1.165, 1.54) is 76.4 Å². The molecule has 9 N–H and O–H groups in total. The Morgan fingerprint density at radius 1 is 0.691 bits per heavy atom. The van der Waals surface area contributed by atoms with Gasteiger partial charge in [-0.3, -0.25) is 24.0 Å². The average molecular weight is 1470 g/mol. The zero-order valence-corrected chi connectivity index (χ0v) is 56.5. The van der Waals surface area contributed by atoms with Crippen LogP contribution in [0.4, 0.5) is 26.3 Å². The number of rotatable bonds is 20. The number of ketones is 1. The molecule has 4 amide bonds. The minimum Gasteiger partial charge on any atom is -0.478 e. The van der Waals surface area contributed by atoms with Gasteiger partial charge in [0.25, 0.3) is 26.8 Å². The number of carboxylic acids is 2. The number of amides is 4. The SMILES string of the molecule is CC(C)(O)c1cnnn1[C@H]1C[C@@H](C(=O)NC2(C(=O)C(N)=O)CCOCC2)N(C(=O)[C@@H](CC2CCCCC2)NC(=O)c2ccc(S(=O)(=O)CC3CC(F)(F)C3)cc2)C1.Cl.NC1CC(F)(F)C1.O=C(O)c1ccc(S(=O)(=O)CC2CC(F)(F)C2)cc1.O=C(O)c1ccc(S(=O)(=O)Cl)cc1. The van der Waals surface area contributed by atoms with Crippen LogP contribution in [0.3, 0.4) is 0 Å². The number of ether oxygens (including phenoxy) is 1. The van der Waals surface area contributed by atoms with E-state index in [1.54, 1.807) is 13.8 Å². The van der Waals surface area contributed by atoms with Crippen LogP contribution in [-0.4, -0.2) is 175 Å². The first kappa shape index (κ1) is 79.2. The molecule has 0 radical (unpaired) electrons. The van der Waals surface area contributed by atoms with Crippen LogP contribution in [0, 0.1) is 17.8 Å². The Labute approximate surface area is 565 Å². The van der Waals surface area contributed by atoms with Gasteiger partial charge in [0.05, 0.1) is 55.3 Å². The number of hydrogen-bond acceptors (Lipinski definition) is 18. The molecule has 6 fully saturated rings. The quantitative estimate of drug-likeness (QED) is 0.0277. The number of alkyl halides is 6. The summed E-state index contributed by atoms with van der Waals surface area (Å²) in [5.41, 5.74) is 7.82. The van der Waals surface area contributed by atoms with Crippen LogP contribution in [0.15, 0.2) is 93.7 Å². The van der Waals surface area contributed by atoms with Crippen LogP contribution >= 0.6 is 23.1 Å². The highest BCUT2D eigenvalue weighted by atomic mass is 35.7. The van der Waals surface area contributed by atoms with E-state index in [9.17, 15) is 90.3 Å². The predicted molar refractivity (Wildman–Crippen MR) is 337 cm³/mol. The molecule has 536 valence electrons. The summed E-state index contributed by atoms with van der Waals surface area (Å²) in [7, 11) is -6.29. The highest BCUT2D eigenvalue weighted by molar-refractivity contribution is 8.13. The summed E-state index contributed by atoms with van der Waals surface area (Å²) in [6.07, 6.45) is 4.10. The third-order valence-electron chi connectivity index (χ3n) is 17.4. The van der Waals surface area contributed by atoms with E-state index < -0.39 is 160 Å². The molecular formula is C61H76Cl2F6N8O17S3. The number of aromatic carboxylic acids is 2. The molecule has 0 bridgehead atoms. The number of carbonyl (C=O) groups excluding carboxylic acids is 5. The number of aliphatic hydroxyl groups is 1. The van der Waals surface area contributed by atoms with Gasteiger partial charge in [-0.25, -0.2) is 65.9 Å². The molecule has 36 heteroatoms. The van der Waals surface area contributed by atoms with Gasteiger partial charge in [0, 0.05) is 99.8 Å². The van der Waals surface area contributed by atoms with Gasteiger partial charge in [0.2, 0.25) is 29.4 Å². The number of sulfone groups is 2. The van der Waals surface area contributed by atoms with Gasteiger partial charge < -0.3 is 47.1 Å². The van der Waals surface area contributed by atoms with Crippen LogP contribution in [0.25, 0.3) is 0 Å². The molecule has 97 heavy (non-hydrogen) atoms. The lowest BCUT2D eigenvalue weighted by atomic mass is 9.83. The number of aromatic nitrogens is 3. The van der Waals surface area contributed by atoms with Crippen molar-refractivity contribution in [2.45, 2.75) is 178 Å². The second-order valence-corrected chi connectivity index (χ2v) is 32.3. The molecule has 4 aliphatic carbocycles. The van der Waals surface area contributed by atoms with E-state index in [1.807, 2.05) is 0 Å². The largest absolute Gasteiger partial charge is 0.478 e. The molecule has 6 aliphatic rings. The fourth-order valence-electron chi connectivity index (χ4n) is 12.2. The number of carboxylic acid groups (broad SMARTS) is 2. The summed E-state index contributed by atoms with van der Waals surface area (Å²) < 4.78 is 154. The Balaban J connectivity index is 0.000000297. The van der Waals surface area contributed by atoms with E-state index in [2.05, 4.69) is 20.9 Å². The normalized spacial score (nSPS) is 21.0. The maximum atomic E-state index is 14.8. The van der Waals surface area contributed by atoms with Crippen molar-refractivity contribution in [2.24, 2.45) is 29.2 Å². The van der Waals surface area contributed by atoms with Crippen molar-refractivity contribution in [1.29, 1.82) is 0 Å². The Morgan fingerprint density at radius 2 is 1.13 bits per heavy atom. The topological polar surface area (TPSA) is 402 Å². The second kappa shape index (κ2) is 31.6. The van der Waals surface area contributed by atoms with Crippen LogP contribution in [0.5, 0.6) is 0 Å². The van der Waals surface area contributed by atoms with Crippen LogP contribution in [0.2, 0.25) is 0 Å². The number of carbonyl (C=O) groups is 7. The van der Waals surface area contributed by atoms with Gasteiger partial charge in [-0.2, -0.15) is 0 Å². The van der Waals surface area contributed by atoms with Crippen LogP contribution in [-0.2, 0) is 58.2 Å². The summed E-state index contributed by atoms with van der Waals surface area (Å²) in [6.45, 7) is 3.15. The number of nitrogens with two attached hydrogens (primary N) is 2. The summed E-state index contributed by atoms with van der Waals surface area (Å²) >= 11 is 0. The van der Waals surface area contributed by atoms with Gasteiger partial charge in [0.1, 0.15) is 23.2 Å². The molecule has 4 saturated carbocycles. The van der Waals surface area contributed by atoms with Crippen molar-refractivity contribution in [3.05, 3.63) is 101 Å². The van der Waals surface area contributed by atoms with Crippen molar-refractivity contribution in [3.63, 3.8) is 0 Å². The lowest BCUT2D eigenvalue weighted by molar-refractivity contribution is -0.147. The molecule has 2 saturated heterocycles. The second-order valence-electron chi connectivity index (χ2n) is 25.6. The van der Waals surface area contributed by atoms with Gasteiger partial charge in [-0.15, -0.1) is 17.5 Å². The zero-order valence-electron chi connectivity index (χ0n) is 52.5. The minimum absolute atomic E-state index is 0. The number of halogens is 8. The first-order chi connectivity index (χ1) is 44.5. The fraction of sp³-hybridized carbons (Fsp3) is 0.557.